The number of benzene rings is 1. The maximum Gasteiger partial charge on any atom is 0.191 e. The average molecular weight is 321 g/mol. The van der Waals surface area contributed by atoms with E-state index < -0.39 is 0 Å². The molecule has 0 unspecified atom stereocenters. The van der Waals surface area contributed by atoms with Crippen molar-refractivity contribution in [1.82, 2.24) is 15.8 Å². The van der Waals surface area contributed by atoms with E-state index >= 15 is 0 Å². The van der Waals surface area contributed by atoms with E-state index in [0.717, 1.165) is 46.5 Å². The highest BCUT2D eigenvalue weighted by atomic mass is 35.5. The molecule has 0 radical (unpaired) electrons. The van der Waals surface area contributed by atoms with Crippen LogP contribution in [0.3, 0.4) is 0 Å². The molecule has 0 aliphatic carbocycles. The van der Waals surface area contributed by atoms with Gasteiger partial charge in [0.05, 0.1) is 5.69 Å². The van der Waals surface area contributed by atoms with E-state index in [2.05, 4.69) is 20.8 Å². The Bertz CT molecular complexity index is 632. The van der Waals surface area contributed by atoms with Gasteiger partial charge in [0.15, 0.2) is 5.96 Å². The minimum atomic E-state index is 0.630. The molecule has 1 heterocycles. The maximum atomic E-state index is 6.14. The van der Waals surface area contributed by atoms with Gasteiger partial charge in [0, 0.05) is 30.7 Å². The molecule has 0 saturated carbocycles. The van der Waals surface area contributed by atoms with E-state index in [9.17, 15) is 0 Å². The van der Waals surface area contributed by atoms with Crippen LogP contribution in [-0.2, 0) is 13.0 Å². The molecule has 118 valence electrons. The van der Waals surface area contributed by atoms with Crippen LogP contribution in [0, 0.1) is 13.8 Å². The molecule has 1 aromatic carbocycles. The minimum Gasteiger partial charge on any atom is -0.361 e. The fourth-order valence-corrected chi connectivity index (χ4v) is 2.41. The number of aliphatic imine (C=N–C) groups is 1. The van der Waals surface area contributed by atoms with Crippen LogP contribution in [0.4, 0.5) is 0 Å². The fourth-order valence-electron chi connectivity index (χ4n) is 2.21. The topological polar surface area (TPSA) is 62.5 Å². The van der Waals surface area contributed by atoms with Crippen LogP contribution in [0.2, 0.25) is 5.02 Å². The van der Waals surface area contributed by atoms with Crippen molar-refractivity contribution in [3.63, 3.8) is 0 Å². The van der Waals surface area contributed by atoms with Crippen LogP contribution in [0.25, 0.3) is 0 Å². The Balaban J connectivity index is 1.82. The maximum absolute atomic E-state index is 6.14. The van der Waals surface area contributed by atoms with E-state index in [0.29, 0.717) is 6.54 Å². The third kappa shape index (κ3) is 4.24. The smallest absolute Gasteiger partial charge is 0.191 e. The van der Waals surface area contributed by atoms with Crippen molar-refractivity contribution in [2.45, 2.75) is 26.8 Å². The number of nitrogens with zero attached hydrogens (tertiary/aromatic N) is 2. The van der Waals surface area contributed by atoms with E-state index in [-0.39, 0.29) is 0 Å². The second kappa shape index (κ2) is 7.84. The van der Waals surface area contributed by atoms with Gasteiger partial charge in [-0.15, -0.1) is 0 Å². The van der Waals surface area contributed by atoms with Crippen molar-refractivity contribution in [3.8, 4) is 0 Å². The molecular formula is C16H21ClN4O. The molecular weight excluding hydrogens is 300 g/mol. The fraction of sp³-hybridized carbons (Fsp3) is 0.375. The van der Waals surface area contributed by atoms with E-state index in [4.69, 9.17) is 16.1 Å². The van der Waals surface area contributed by atoms with Gasteiger partial charge < -0.3 is 15.2 Å². The first kappa shape index (κ1) is 16.4. The van der Waals surface area contributed by atoms with Crippen LogP contribution in [-0.4, -0.2) is 24.7 Å². The molecule has 2 aromatic rings. The number of hydrogen-bond acceptors (Lipinski definition) is 3. The molecule has 0 fully saturated rings. The zero-order valence-corrected chi connectivity index (χ0v) is 13.9. The Morgan fingerprint density at radius 1 is 1.27 bits per heavy atom. The number of nitrogens with one attached hydrogen (secondary N) is 2. The van der Waals surface area contributed by atoms with Gasteiger partial charge >= 0.3 is 0 Å². The first-order valence-electron chi connectivity index (χ1n) is 7.21. The largest absolute Gasteiger partial charge is 0.361 e. The Labute approximate surface area is 135 Å². The number of rotatable bonds is 5. The van der Waals surface area contributed by atoms with E-state index in [1.54, 1.807) is 7.05 Å². The average Bonchev–Trinajstić information content (AvgIpc) is 2.83. The summed E-state index contributed by atoms with van der Waals surface area (Å²) < 4.78 is 5.16. The molecule has 0 amide bonds. The van der Waals surface area contributed by atoms with Gasteiger partial charge in [-0.05, 0) is 31.9 Å². The molecule has 0 aliphatic rings. The van der Waals surface area contributed by atoms with Gasteiger partial charge in [0.2, 0.25) is 0 Å². The Morgan fingerprint density at radius 3 is 2.68 bits per heavy atom. The summed E-state index contributed by atoms with van der Waals surface area (Å²) in [6.07, 6.45) is 0.841. The normalized spacial score (nSPS) is 11.5. The predicted molar refractivity (Wildman–Crippen MR) is 89.3 cm³/mol. The zero-order chi connectivity index (χ0) is 15.9. The zero-order valence-electron chi connectivity index (χ0n) is 13.1. The van der Waals surface area contributed by atoms with Gasteiger partial charge in [0.1, 0.15) is 5.76 Å². The Hall–Kier alpha value is -2.01. The lowest BCUT2D eigenvalue weighted by Gasteiger charge is -2.12. The van der Waals surface area contributed by atoms with Gasteiger partial charge in [-0.2, -0.15) is 0 Å². The monoisotopic (exact) mass is 320 g/mol. The van der Waals surface area contributed by atoms with Crippen LogP contribution in [0.15, 0.2) is 33.8 Å². The van der Waals surface area contributed by atoms with Crippen molar-refractivity contribution in [3.05, 3.63) is 51.9 Å². The second-order valence-electron chi connectivity index (χ2n) is 5.00. The van der Waals surface area contributed by atoms with Gasteiger partial charge in [-0.25, -0.2) is 0 Å². The molecule has 6 heteroatoms. The quantitative estimate of drug-likeness (QED) is 0.657. The van der Waals surface area contributed by atoms with Gasteiger partial charge in [0.25, 0.3) is 0 Å². The lowest BCUT2D eigenvalue weighted by molar-refractivity contribution is 0.392. The van der Waals surface area contributed by atoms with Crippen LogP contribution in [0.1, 0.15) is 22.6 Å². The molecule has 5 nitrogen and oxygen atoms in total. The summed E-state index contributed by atoms with van der Waals surface area (Å²) in [7, 11) is 1.75. The number of aromatic nitrogens is 1. The lowest BCUT2D eigenvalue weighted by Crippen LogP contribution is -2.38. The van der Waals surface area contributed by atoms with Crippen LogP contribution in [0.5, 0.6) is 0 Å². The van der Waals surface area contributed by atoms with Crippen molar-refractivity contribution in [1.29, 1.82) is 0 Å². The van der Waals surface area contributed by atoms with Crippen LogP contribution < -0.4 is 10.6 Å². The van der Waals surface area contributed by atoms with Crippen LogP contribution >= 0.6 is 11.6 Å². The second-order valence-corrected chi connectivity index (χ2v) is 5.40. The molecule has 2 N–H and O–H groups in total. The highest BCUT2D eigenvalue weighted by molar-refractivity contribution is 6.31. The summed E-state index contributed by atoms with van der Waals surface area (Å²) in [5.74, 6) is 1.62. The summed E-state index contributed by atoms with van der Waals surface area (Å²) >= 11 is 6.14. The summed E-state index contributed by atoms with van der Waals surface area (Å²) in [5, 5.41) is 11.2. The highest BCUT2D eigenvalue weighted by Gasteiger charge is 2.08. The predicted octanol–water partition coefficient (Wildman–Crippen LogP) is 2.85. The van der Waals surface area contributed by atoms with E-state index in [1.807, 2.05) is 38.1 Å². The number of guanidine groups is 1. The SMILES string of the molecule is CN=C(NCCc1c(C)noc1C)NCc1ccccc1Cl. The molecule has 2 rings (SSSR count). The van der Waals surface area contributed by atoms with E-state index in [1.165, 1.54) is 0 Å². The standard InChI is InChI=1S/C16H21ClN4O/c1-11-14(12(2)22-21-11)8-9-19-16(18-3)20-10-13-6-4-5-7-15(13)17/h4-7H,8-10H2,1-3H3,(H2,18,19,20). The summed E-state index contributed by atoms with van der Waals surface area (Å²) in [5.41, 5.74) is 3.13. The molecule has 1 aromatic heterocycles. The summed E-state index contributed by atoms with van der Waals surface area (Å²) in [4.78, 5) is 4.21. The first-order chi connectivity index (χ1) is 10.6. The molecule has 0 atom stereocenters. The molecule has 0 bridgehead atoms. The van der Waals surface area contributed by atoms with Crippen molar-refractivity contribution >= 4 is 17.6 Å². The first-order valence-corrected chi connectivity index (χ1v) is 7.59. The van der Waals surface area contributed by atoms with Crippen molar-refractivity contribution in [2.24, 2.45) is 4.99 Å². The number of halogens is 1. The van der Waals surface area contributed by atoms with Crippen molar-refractivity contribution < 1.29 is 4.52 Å². The Morgan fingerprint density at radius 2 is 2.05 bits per heavy atom. The molecule has 22 heavy (non-hydrogen) atoms. The Kier molecular flexibility index (Phi) is 5.83. The molecule has 0 saturated heterocycles. The number of hydrogen-bond donors (Lipinski definition) is 2. The highest BCUT2D eigenvalue weighted by Crippen LogP contribution is 2.14. The van der Waals surface area contributed by atoms with Gasteiger partial charge in [-0.1, -0.05) is 35.0 Å². The lowest BCUT2D eigenvalue weighted by atomic mass is 10.1. The molecule has 0 spiro atoms. The number of aryl methyl sites for hydroxylation is 2. The van der Waals surface area contributed by atoms with Gasteiger partial charge in [-0.3, -0.25) is 4.99 Å². The molecule has 0 aliphatic heterocycles. The van der Waals surface area contributed by atoms with Crippen molar-refractivity contribution in [2.75, 3.05) is 13.6 Å². The minimum absolute atomic E-state index is 0.630. The third-order valence-electron chi connectivity index (χ3n) is 3.48. The summed E-state index contributed by atoms with van der Waals surface area (Å²) in [6.45, 7) is 5.27. The summed E-state index contributed by atoms with van der Waals surface area (Å²) in [6, 6.07) is 7.76. The third-order valence-corrected chi connectivity index (χ3v) is 3.85.